The van der Waals surface area contributed by atoms with Crippen LogP contribution < -0.4 is 16.0 Å². The number of benzene rings is 2. The first-order valence-electron chi connectivity index (χ1n) is 15.6. The van der Waals surface area contributed by atoms with Gasteiger partial charge in [0.05, 0.1) is 39.4 Å². The summed E-state index contributed by atoms with van der Waals surface area (Å²) in [5.74, 6) is 1.08. The highest BCUT2D eigenvalue weighted by Crippen LogP contribution is 2.49. The Kier molecular flexibility index (Phi) is 7.92. The number of likely N-dealkylation sites (tertiary alicyclic amines) is 1. The van der Waals surface area contributed by atoms with Crippen LogP contribution in [0.2, 0.25) is 5.02 Å². The second-order valence-electron chi connectivity index (χ2n) is 12.8. The fourth-order valence-corrected chi connectivity index (χ4v) is 8.67. The smallest absolute Gasteiger partial charge is 0.244 e. The Morgan fingerprint density at radius 2 is 2.00 bits per heavy atom. The molecule has 0 radical (unpaired) electrons. The van der Waals surface area contributed by atoms with E-state index in [0.29, 0.717) is 67.8 Å². The molecule has 2 aromatic heterocycles. The number of anilines is 3. The number of halogens is 2. The lowest BCUT2D eigenvalue weighted by Gasteiger charge is -2.31. The van der Waals surface area contributed by atoms with Gasteiger partial charge < -0.3 is 30.5 Å². The molecule has 0 saturated carbocycles. The third-order valence-electron chi connectivity index (χ3n) is 9.73. The van der Waals surface area contributed by atoms with Gasteiger partial charge in [0.25, 0.3) is 0 Å². The summed E-state index contributed by atoms with van der Waals surface area (Å²) in [5.41, 5.74) is 9.88. The van der Waals surface area contributed by atoms with E-state index in [1.54, 1.807) is 11.0 Å². The van der Waals surface area contributed by atoms with Gasteiger partial charge in [-0.15, -0.1) is 11.3 Å². The summed E-state index contributed by atoms with van der Waals surface area (Å²) in [6.45, 7) is 5.20. The van der Waals surface area contributed by atoms with Gasteiger partial charge in [-0.05, 0) is 69.0 Å². The number of piperidine rings is 1. The van der Waals surface area contributed by atoms with Crippen molar-refractivity contribution >= 4 is 66.6 Å². The van der Waals surface area contributed by atoms with Gasteiger partial charge >= 0.3 is 0 Å². The molecule has 3 aliphatic heterocycles. The van der Waals surface area contributed by atoms with Crippen molar-refractivity contribution in [3.05, 3.63) is 39.7 Å². The number of fused-ring (bicyclic) bond motifs is 4. The van der Waals surface area contributed by atoms with Crippen molar-refractivity contribution in [2.45, 2.75) is 51.5 Å². The number of rotatable bonds is 6. The predicted molar refractivity (Wildman–Crippen MR) is 181 cm³/mol. The number of nitrogens with zero attached hydrogens (tertiary/aromatic N) is 6. The number of carbonyl (C=O) groups excluding carboxylic acids is 1. The maximum absolute atomic E-state index is 15.1. The topological polar surface area (TPSA) is 124 Å². The standard InChI is InChI=1S/C33H36ClFN8O2S/c1-16-17(13-41(2)3)9-11-43(16)33-39-28-26(31(40-33)38-23-6-5-10-42(4)32(23)44)21-15-45-14-20(21)24(27(28)34)18-7-8-22(35)29-25(18)19(12-36)30(37)46-29/h7-8,16-17,23H,5-6,9-11,13-15,37H2,1-4H3,(H,38,39,40)/t16-,17+,23+/m0/s1. The van der Waals surface area contributed by atoms with Gasteiger partial charge in [-0.3, -0.25) is 4.79 Å². The quantitative estimate of drug-likeness (QED) is 0.272. The minimum Gasteiger partial charge on any atom is -0.389 e. The van der Waals surface area contributed by atoms with Gasteiger partial charge in [-0.2, -0.15) is 10.2 Å². The number of hydrogen-bond donors (Lipinski definition) is 2. The molecule has 240 valence electrons. The molecule has 2 aromatic carbocycles. The molecule has 3 N–H and O–H groups in total. The Morgan fingerprint density at radius 3 is 2.76 bits per heavy atom. The van der Waals surface area contributed by atoms with E-state index in [2.05, 4.69) is 42.2 Å². The summed E-state index contributed by atoms with van der Waals surface area (Å²) in [7, 11) is 5.98. The minimum atomic E-state index is -0.449. The number of aromatic nitrogens is 2. The molecular weight excluding hydrogens is 627 g/mol. The summed E-state index contributed by atoms with van der Waals surface area (Å²) >= 11 is 8.45. The summed E-state index contributed by atoms with van der Waals surface area (Å²) in [6, 6.07) is 4.95. The fourth-order valence-electron chi connectivity index (χ4n) is 7.37. The molecule has 13 heteroatoms. The number of nitrogens with two attached hydrogens (primary N) is 1. The first kappa shape index (κ1) is 30.9. The molecule has 4 aromatic rings. The number of likely N-dealkylation sites (N-methyl/N-ethyl adjacent to an activating group) is 1. The van der Waals surface area contributed by atoms with Crippen molar-refractivity contribution < 1.29 is 13.9 Å². The molecule has 3 atom stereocenters. The summed E-state index contributed by atoms with van der Waals surface area (Å²) < 4.78 is 21.4. The van der Waals surface area contributed by atoms with Gasteiger partial charge in [-0.25, -0.2) is 9.37 Å². The molecule has 0 unspecified atom stereocenters. The minimum absolute atomic E-state index is 0.0172. The summed E-state index contributed by atoms with van der Waals surface area (Å²) in [4.78, 5) is 29.7. The van der Waals surface area contributed by atoms with Gasteiger partial charge in [0, 0.05) is 43.7 Å². The van der Waals surface area contributed by atoms with Crippen molar-refractivity contribution in [1.82, 2.24) is 19.8 Å². The number of thiophene rings is 1. The Labute approximate surface area is 275 Å². The van der Waals surface area contributed by atoms with Crippen LogP contribution in [0.4, 0.5) is 21.2 Å². The normalized spacial score (nSPS) is 21.5. The number of nitrogens with one attached hydrogen (secondary N) is 1. The molecule has 0 spiro atoms. The summed E-state index contributed by atoms with van der Waals surface area (Å²) in [5, 5.41) is 15.3. The number of nitrogen functional groups attached to an aromatic ring is 1. The Hall–Kier alpha value is -3.76. The molecular formula is C33H36ClFN8O2S. The van der Waals surface area contributed by atoms with Crippen LogP contribution in [0, 0.1) is 23.1 Å². The van der Waals surface area contributed by atoms with Crippen LogP contribution >= 0.6 is 22.9 Å². The van der Waals surface area contributed by atoms with Crippen LogP contribution in [0.5, 0.6) is 0 Å². The predicted octanol–water partition coefficient (Wildman–Crippen LogP) is 5.60. The van der Waals surface area contributed by atoms with E-state index in [1.165, 1.54) is 6.07 Å². The van der Waals surface area contributed by atoms with Gasteiger partial charge in [0.1, 0.15) is 28.7 Å². The van der Waals surface area contributed by atoms with Crippen molar-refractivity contribution in [2.24, 2.45) is 5.92 Å². The van der Waals surface area contributed by atoms with Crippen molar-refractivity contribution in [2.75, 3.05) is 56.7 Å². The zero-order chi connectivity index (χ0) is 32.4. The Morgan fingerprint density at radius 1 is 1.22 bits per heavy atom. The highest BCUT2D eigenvalue weighted by atomic mass is 35.5. The molecule has 3 aliphatic rings. The van der Waals surface area contributed by atoms with Crippen LogP contribution in [0.15, 0.2) is 12.1 Å². The van der Waals surface area contributed by atoms with Gasteiger partial charge in [-0.1, -0.05) is 17.7 Å². The second kappa shape index (κ2) is 11.8. The molecule has 1 amide bonds. The largest absolute Gasteiger partial charge is 0.389 e. The van der Waals surface area contributed by atoms with Gasteiger partial charge in [0.15, 0.2) is 0 Å². The van der Waals surface area contributed by atoms with Crippen LogP contribution in [0.3, 0.4) is 0 Å². The van der Waals surface area contributed by atoms with E-state index in [1.807, 2.05) is 7.05 Å². The Balaban J connectivity index is 1.48. The third kappa shape index (κ3) is 4.92. The van der Waals surface area contributed by atoms with E-state index in [4.69, 9.17) is 32.0 Å². The molecule has 0 aliphatic carbocycles. The van der Waals surface area contributed by atoms with Crippen LogP contribution in [-0.4, -0.2) is 78.5 Å². The monoisotopic (exact) mass is 662 g/mol. The highest BCUT2D eigenvalue weighted by molar-refractivity contribution is 7.23. The van der Waals surface area contributed by atoms with Gasteiger partial charge in [0.2, 0.25) is 11.9 Å². The lowest BCUT2D eigenvalue weighted by Crippen LogP contribution is -2.45. The van der Waals surface area contributed by atoms with Crippen molar-refractivity contribution in [3.8, 4) is 17.2 Å². The molecule has 2 fully saturated rings. The number of ether oxygens (including phenoxy) is 1. The Bertz CT molecular complexity index is 1940. The average molecular weight is 663 g/mol. The lowest BCUT2D eigenvalue weighted by atomic mass is 9.91. The number of amides is 1. The highest BCUT2D eigenvalue weighted by Gasteiger charge is 2.36. The maximum Gasteiger partial charge on any atom is 0.244 e. The zero-order valence-corrected chi connectivity index (χ0v) is 27.9. The van der Waals surface area contributed by atoms with Crippen LogP contribution in [-0.2, 0) is 22.7 Å². The van der Waals surface area contributed by atoms with E-state index in [9.17, 15) is 10.1 Å². The maximum atomic E-state index is 15.1. The number of carbonyl (C=O) groups is 1. The fraction of sp³-hybridized carbons (Fsp3) is 0.455. The van der Waals surface area contributed by atoms with E-state index in [-0.39, 0.29) is 35.7 Å². The molecule has 46 heavy (non-hydrogen) atoms. The second-order valence-corrected chi connectivity index (χ2v) is 14.3. The summed E-state index contributed by atoms with van der Waals surface area (Å²) in [6.07, 6.45) is 2.56. The molecule has 7 rings (SSSR count). The van der Waals surface area contributed by atoms with Crippen molar-refractivity contribution in [1.29, 1.82) is 5.26 Å². The SMILES string of the molecule is C[C@H]1[C@@H](CN(C)C)CCN1c1nc(N[C@@H]2CCCN(C)C2=O)c2c3c(c(-c4ccc(F)c5sc(N)c(C#N)c45)c(Cl)c2n1)COC3. The molecule has 0 bridgehead atoms. The lowest BCUT2D eigenvalue weighted by molar-refractivity contribution is -0.132. The molecule has 2 saturated heterocycles. The van der Waals surface area contributed by atoms with Crippen LogP contribution in [0.25, 0.3) is 32.1 Å². The third-order valence-corrected chi connectivity index (χ3v) is 11.1. The number of nitriles is 1. The number of hydrogen-bond acceptors (Lipinski definition) is 10. The van der Waals surface area contributed by atoms with E-state index < -0.39 is 11.9 Å². The van der Waals surface area contributed by atoms with E-state index in [0.717, 1.165) is 48.4 Å². The zero-order valence-electron chi connectivity index (χ0n) is 26.3. The molecule has 10 nitrogen and oxygen atoms in total. The first-order chi connectivity index (χ1) is 22.1. The van der Waals surface area contributed by atoms with E-state index >= 15 is 4.39 Å². The molecule has 5 heterocycles. The van der Waals surface area contributed by atoms with Crippen molar-refractivity contribution in [3.63, 3.8) is 0 Å². The first-order valence-corrected chi connectivity index (χ1v) is 16.7. The van der Waals surface area contributed by atoms with Crippen LogP contribution in [0.1, 0.15) is 42.9 Å². The average Bonchev–Trinajstić information content (AvgIpc) is 3.73.